The van der Waals surface area contributed by atoms with Gasteiger partial charge in [0, 0.05) is 12.8 Å². The molecule has 1 N–H and O–H groups in total. The molecule has 0 saturated heterocycles. The molecule has 1 amide bonds. The molecule has 0 spiro atoms. The average Bonchev–Trinajstić information content (AvgIpc) is 2.82. The van der Waals surface area contributed by atoms with Crippen LogP contribution in [0.15, 0.2) is 23.3 Å². The largest absolute Gasteiger partial charge is 0.570 e. The lowest BCUT2D eigenvalue weighted by Crippen LogP contribution is -2.52. The van der Waals surface area contributed by atoms with Crippen LogP contribution < -0.4 is 9.97 Å². The van der Waals surface area contributed by atoms with Crippen molar-refractivity contribution in [2.45, 2.75) is 64.2 Å². The molecular weight excluding hydrogens is 431 g/mol. The van der Waals surface area contributed by atoms with Gasteiger partial charge >= 0.3 is 19.0 Å². The molecule has 1 saturated carbocycles. The lowest BCUT2D eigenvalue weighted by molar-refractivity contribution is -0.158. The smallest absolute Gasteiger partial charge is 0.536 e. The number of nitroso groups, excluding NO2 is 1. The number of carbonyl (C=O) groups is 4. The molecule has 1 aliphatic carbocycles. The molecule has 1 aromatic carbocycles. The standard InChI is InChI=1S/C22H27BN2O8/c1-14(26)10-11-19(27)24-18-12-16-8-5-9-17(20(16)33-23(18)25-30)22(29)32-13-31-21(28)15-6-3-2-4-7-15/h5,8-9,15,18H,2-4,6-7,10-13H2,1H3,(H,24,27)/t18-/m0/s1. The quantitative estimate of drug-likeness (QED) is 0.258. The van der Waals surface area contributed by atoms with E-state index in [4.69, 9.17) is 14.1 Å². The maximum atomic E-state index is 12.6. The Morgan fingerprint density at radius 2 is 1.88 bits per heavy atom. The van der Waals surface area contributed by atoms with E-state index >= 15 is 0 Å². The van der Waals surface area contributed by atoms with Crippen molar-refractivity contribution < 1.29 is 33.3 Å². The van der Waals surface area contributed by atoms with Crippen molar-refractivity contribution in [3.05, 3.63) is 34.2 Å². The van der Waals surface area contributed by atoms with Crippen LogP contribution in [0.3, 0.4) is 0 Å². The van der Waals surface area contributed by atoms with Gasteiger partial charge in [0.1, 0.15) is 17.1 Å². The first-order chi connectivity index (χ1) is 15.9. The number of amides is 1. The highest BCUT2D eigenvalue weighted by atomic mass is 16.7. The summed E-state index contributed by atoms with van der Waals surface area (Å²) in [6, 6.07) is 4.79. The second-order valence-electron chi connectivity index (χ2n) is 8.34. The van der Waals surface area contributed by atoms with Gasteiger partial charge in [0.05, 0.1) is 11.9 Å². The van der Waals surface area contributed by atoms with Crippen molar-refractivity contribution in [3.8, 4) is 5.75 Å². The monoisotopic (exact) mass is 458 g/mol. The molecule has 1 aromatic rings. The van der Waals surface area contributed by atoms with Gasteiger partial charge in [-0.3, -0.25) is 9.59 Å². The van der Waals surface area contributed by atoms with Crippen LogP contribution in [0.2, 0.25) is 0 Å². The van der Waals surface area contributed by atoms with Crippen LogP contribution in [0, 0.1) is 10.8 Å². The summed E-state index contributed by atoms with van der Waals surface area (Å²) in [6.45, 7) is 0.878. The molecule has 176 valence electrons. The molecule has 0 radical (unpaired) electrons. The summed E-state index contributed by atoms with van der Waals surface area (Å²) >= 11 is 0. The van der Waals surface area contributed by atoms with E-state index < -0.39 is 31.7 Å². The van der Waals surface area contributed by atoms with Gasteiger partial charge in [-0.05, 0) is 37.8 Å². The van der Waals surface area contributed by atoms with E-state index in [0.717, 1.165) is 32.1 Å². The first-order valence-electron chi connectivity index (χ1n) is 11.1. The van der Waals surface area contributed by atoms with Crippen molar-refractivity contribution in [2.24, 2.45) is 11.0 Å². The normalized spacial score (nSPS) is 17.8. The Morgan fingerprint density at radius 3 is 2.58 bits per heavy atom. The first-order valence-corrected chi connectivity index (χ1v) is 11.1. The van der Waals surface area contributed by atoms with E-state index in [1.54, 1.807) is 12.1 Å². The Labute approximate surface area is 191 Å². The Balaban J connectivity index is 1.60. The molecule has 1 fully saturated rings. The molecule has 1 heterocycles. The summed E-state index contributed by atoms with van der Waals surface area (Å²) in [6.07, 6.45) is 4.92. The Bertz CT molecular complexity index is 916. The zero-order valence-electron chi connectivity index (χ0n) is 18.5. The number of fused-ring (bicyclic) bond motifs is 1. The number of hydrogen-bond acceptors (Lipinski definition) is 9. The highest BCUT2D eigenvalue weighted by molar-refractivity contribution is 6.53. The highest BCUT2D eigenvalue weighted by Gasteiger charge is 2.40. The number of ether oxygens (including phenoxy) is 2. The second-order valence-corrected chi connectivity index (χ2v) is 8.34. The summed E-state index contributed by atoms with van der Waals surface area (Å²) in [7, 11) is -1.25. The van der Waals surface area contributed by atoms with Crippen molar-refractivity contribution in [1.29, 1.82) is 0 Å². The van der Waals surface area contributed by atoms with E-state index in [1.807, 2.05) is 0 Å². The predicted octanol–water partition coefficient (Wildman–Crippen LogP) is 2.51. The number of para-hydroxylation sites is 1. The maximum absolute atomic E-state index is 12.6. The van der Waals surface area contributed by atoms with Crippen molar-refractivity contribution in [1.82, 2.24) is 5.32 Å². The van der Waals surface area contributed by atoms with E-state index in [-0.39, 0.29) is 48.2 Å². The summed E-state index contributed by atoms with van der Waals surface area (Å²) in [5, 5.41) is 5.60. The van der Waals surface area contributed by atoms with Gasteiger partial charge in [-0.25, -0.2) is 4.79 Å². The summed E-state index contributed by atoms with van der Waals surface area (Å²) in [5.41, 5.74) is 0.650. The van der Waals surface area contributed by atoms with E-state index in [0.29, 0.717) is 5.56 Å². The first kappa shape index (κ1) is 24.4. The number of benzene rings is 1. The number of nitrogens with one attached hydrogen (secondary N) is 1. The van der Waals surface area contributed by atoms with E-state index in [1.165, 1.54) is 13.0 Å². The van der Waals surface area contributed by atoms with Crippen molar-refractivity contribution >= 4 is 30.7 Å². The second kappa shape index (κ2) is 11.6. The van der Waals surface area contributed by atoms with Gasteiger partial charge in [-0.2, -0.15) is 4.91 Å². The number of rotatable bonds is 9. The molecule has 0 unspecified atom stereocenters. The molecule has 11 heteroatoms. The molecule has 0 bridgehead atoms. The van der Waals surface area contributed by atoms with Gasteiger partial charge < -0.3 is 24.2 Å². The Kier molecular flexibility index (Phi) is 8.56. The molecule has 33 heavy (non-hydrogen) atoms. The number of Topliss-reactive ketones (excluding diaryl/α,β-unsaturated/α-hetero) is 1. The lowest BCUT2D eigenvalue weighted by Gasteiger charge is -2.28. The minimum absolute atomic E-state index is 0.00376. The van der Waals surface area contributed by atoms with Crippen LogP contribution >= 0.6 is 0 Å². The minimum atomic E-state index is -1.25. The van der Waals surface area contributed by atoms with Crippen LogP contribution in [0.5, 0.6) is 5.75 Å². The number of nitrogens with zero attached hydrogens (tertiary/aromatic N) is 1. The van der Waals surface area contributed by atoms with E-state index in [9.17, 15) is 24.1 Å². The minimum Gasteiger partial charge on any atom is -0.536 e. The van der Waals surface area contributed by atoms with Crippen LogP contribution in [-0.2, 0) is 30.3 Å². The zero-order valence-corrected chi connectivity index (χ0v) is 18.5. The topological polar surface area (TPSA) is 137 Å². The van der Waals surface area contributed by atoms with Crippen LogP contribution in [0.4, 0.5) is 0 Å². The summed E-state index contributed by atoms with van der Waals surface area (Å²) in [5.74, 6) is -2.41. The fourth-order valence-electron chi connectivity index (χ4n) is 4.05. The molecule has 3 rings (SSSR count). The predicted molar refractivity (Wildman–Crippen MR) is 117 cm³/mol. The summed E-state index contributed by atoms with van der Waals surface area (Å²) in [4.78, 5) is 59.2. The molecule has 1 aliphatic heterocycles. The van der Waals surface area contributed by atoms with Crippen molar-refractivity contribution in [3.63, 3.8) is 0 Å². The third-order valence-corrected chi connectivity index (χ3v) is 5.82. The van der Waals surface area contributed by atoms with Crippen LogP contribution in [0.1, 0.15) is 67.8 Å². The van der Waals surface area contributed by atoms with Gasteiger partial charge in [0.15, 0.2) is 0 Å². The number of esters is 2. The molecule has 1 atom stereocenters. The average molecular weight is 458 g/mol. The lowest BCUT2D eigenvalue weighted by atomic mass is 9.68. The van der Waals surface area contributed by atoms with Crippen molar-refractivity contribution in [2.75, 3.05) is 6.79 Å². The van der Waals surface area contributed by atoms with Gasteiger partial charge in [0.2, 0.25) is 12.7 Å². The van der Waals surface area contributed by atoms with Gasteiger partial charge in [-0.15, -0.1) is 0 Å². The fraction of sp³-hybridized carbons (Fsp3) is 0.545. The molecule has 10 nitrogen and oxygen atoms in total. The number of hydrogen-bond donors (Lipinski definition) is 1. The zero-order chi connectivity index (χ0) is 23.8. The third kappa shape index (κ3) is 6.63. The molecule has 2 aliphatic rings. The van der Waals surface area contributed by atoms with Gasteiger partial charge in [-0.1, -0.05) is 36.5 Å². The fourth-order valence-corrected chi connectivity index (χ4v) is 4.05. The summed E-state index contributed by atoms with van der Waals surface area (Å²) < 4.78 is 15.8. The van der Waals surface area contributed by atoms with E-state index in [2.05, 4.69) is 10.4 Å². The number of ketones is 1. The molecule has 0 aromatic heterocycles. The maximum Gasteiger partial charge on any atom is 0.570 e. The Hall–Kier alpha value is -3.24. The number of carbonyl (C=O) groups excluding carboxylic acids is 4. The van der Waals surface area contributed by atoms with Crippen LogP contribution in [-0.4, -0.2) is 43.4 Å². The SMILES string of the molecule is CC(=O)CCC(=O)N[C@H]1Cc2cccc(C(=O)OCOC(=O)C3CCCCC3)c2OB1N=O. The van der Waals surface area contributed by atoms with Gasteiger partial charge in [0.25, 0.3) is 0 Å². The highest BCUT2D eigenvalue weighted by Crippen LogP contribution is 2.31. The van der Waals surface area contributed by atoms with Crippen LogP contribution in [0.25, 0.3) is 0 Å². The third-order valence-electron chi connectivity index (χ3n) is 5.82. The molecular formula is C22H27BN2O8. The Morgan fingerprint density at radius 1 is 1.12 bits per heavy atom.